The highest BCUT2D eigenvalue weighted by Gasteiger charge is 2.27. The van der Waals surface area contributed by atoms with E-state index in [2.05, 4.69) is 37.4 Å². The molecule has 0 aliphatic rings. The van der Waals surface area contributed by atoms with Crippen molar-refractivity contribution < 1.29 is 52.9 Å². The van der Waals surface area contributed by atoms with Crippen LogP contribution < -0.4 is 0 Å². The van der Waals surface area contributed by atoms with Crippen LogP contribution in [0.15, 0.2) is 48.6 Å². The molecule has 0 aromatic rings. The average molecular weight is 857 g/mol. The van der Waals surface area contributed by atoms with Gasteiger partial charge in [0.05, 0.1) is 25.9 Å². The van der Waals surface area contributed by atoms with Crippen molar-refractivity contribution in [2.24, 2.45) is 5.92 Å². The number of aliphatic hydroxyl groups excluding tert-OH is 3. The summed E-state index contributed by atoms with van der Waals surface area (Å²) in [5, 5.41) is 28.2. The summed E-state index contributed by atoms with van der Waals surface area (Å²) in [4.78, 5) is 35.0. The number of carbonyl (C=O) groups excluding carboxylic acids is 2. The molecule has 59 heavy (non-hydrogen) atoms. The highest BCUT2D eigenvalue weighted by molar-refractivity contribution is 7.47. The number of allylic oxidation sites excluding steroid dienone is 7. The first-order valence-electron chi connectivity index (χ1n) is 23.1. The molecule has 0 radical (unpaired) electrons. The van der Waals surface area contributed by atoms with Gasteiger partial charge in [-0.3, -0.25) is 18.6 Å². The zero-order valence-corrected chi connectivity index (χ0v) is 38.1. The second-order valence-electron chi connectivity index (χ2n) is 16.1. The molecule has 12 heteroatoms. The van der Waals surface area contributed by atoms with E-state index in [4.69, 9.17) is 19.1 Å². The Kier molecular flexibility index (Phi) is 39.8. The number of carbonyl (C=O) groups is 2. The van der Waals surface area contributed by atoms with E-state index < -0.39 is 57.9 Å². The fourth-order valence-electron chi connectivity index (χ4n) is 6.16. The average Bonchev–Trinajstić information content (AvgIpc) is 3.20. The smallest absolute Gasteiger partial charge is 0.462 e. The fourth-order valence-corrected chi connectivity index (χ4v) is 6.95. The molecule has 0 aliphatic heterocycles. The third-order valence-electron chi connectivity index (χ3n) is 9.77. The Labute approximate surface area is 358 Å². The molecule has 11 nitrogen and oxygen atoms in total. The van der Waals surface area contributed by atoms with Gasteiger partial charge in [0.1, 0.15) is 12.7 Å². The Balaban J connectivity index is 4.37. The lowest BCUT2D eigenvalue weighted by Gasteiger charge is -2.20. The number of esters is 2. The monoisotopic (exact) mass is 857 g/mol. The predicted octanol–water partition coefficient (Wildman–Crippen LogP) is 11.3. The number of hydrogen-bond acceptors (Lipinski definition) is 10. The summed E-state index contributed by atoms with van der Waals surface area (Å²) in [7, 11) is -4.65. The van der Waals surface area contributed by atoms with Crippen molar-refractivity contribution in [1.82, 2.24) is 0 Å². The normalized spacial score (nSPS) is 14.8. The van der Waals surface area contributed by atoms with Crippen LogP contribution in [0.25, 0.3) is 0 Å². The van der Waals surface area contributed by atoms with Crippen molar-refractivity contribution >= 4 is 19.8 Å². The highest BCUT2D eigenvalue weighted by atomic mass is 31.2. The Bertz CT molecular complexity index is 1150. The Hall–Kier alpha value is -2.11. The Morgan fingerprint density at radius 2 is 1.14 bits per heavy atom. The van der Waals surface area contributed by atoms with Gasteiger partial charge in [-0.25, -0.2) is 4.57 Å². The molecular formula is C47H85O11P. The van der Waals surface area contributed by atoms with Crippen molar-refractivity contribution in [3.8, 4) is 0 Å². The predicted molar refractivity (Wildman–Crippen MR) is 239 cm³/mol. The minimum Gasteiger partial charge on any atom is -0.462 e. The van der Waals surface area contributed by atoms with Gasteiger partial charge in [0, 0.05) is 12.8 Å². The first-order valence-corrected chi connectivity index (χ1v) is 24.6. The molecule has 0 saturated heterocycles. The van der Waals surface area contributed by atoms with E-state index in [1.165, 1.54) is 77.0 Å². The molecular weight excluding hydrogens is 771 g/mol. The van der Waals surface area contributed by atoms with Crippen LogP contribution in [-0.2, 0) is 32.7 Å². The van der Waals surface area contributed by atoms with Crippen molar-refractivity contribution in [1.29, 1.82) is 0 Å². The Morgan fingerprint density at radius 3 is 1.73 bits per heavy atom. The first-order chi connectivity index (χ1) is 28.5. The van der Waals surface area contributed by atoms with Gasteiger partial charge in [-0.2, -0.15) is 0 Å². The standard InChI is InChI=1S/C47H85O11P/c1-4-5-28-34-43(49)35-30-25-21-17-13-11-15-19-23-27-32-37-47(52)58-45(41-57-59(53,54)56-39-44(50)38-48)40-55-46(51)36-31-26-22-18-14-10-8-6-7-9-12-16-20-24-29-33-42(2)3/h11,13,19,21,23,25,30,35,42-45,48-50H,4-10,12,14-18,20,22,24,26-29,31-34,36-41H2,1-3H3,(H,53,54)/b13-11-,23-19-,25-21-,35-30+/t43-,44-,45+/m0/s1. The minimum atomic E-state index is -4.65. The minimum absolute atomic E-state index is 0.0883. The fraction of sp³-hybridized carbons (Fsp3) is 0.787. The molecule has 0 aromatic heterocycles. The lowest BCUT2D eigenvalue weighted by molar-refractivity contribution is -0.161. The van der Waals surface area contributed by atoms with Crippen LogP contribution in [0.2, 0.25) is 0 Å². The molecule has 0 heterocycles. The van der Waals surface area contributed by atoms with E-state index in [1.807, 2.05) is 36.5 Å². The molecule has 1 unspecified atom stereocenters. The number of rotatable bonds is 42. The molecule has 0 amide bonds. The molecule has 0 fully saturated rings. The lowest BCUT2D eigenvalue weighted by Crippen LogP contribution is -2.29. The van der Waals surface area contributed by atoms with Crippen LogP contribution in [0, 0.1) is 5.92 Å². The van der Waals surface area contributed by atoms with Gasteiger partial charge in [0.2, 0.25) is 0 Å². The lowest BCUT2D eigenvalue weighted by atomic mass is 10.0. The zero-order chi connectivity index (χ0) is 43.7. The quantitative estimate of drug-likeness (QED) is 0.0151. The third kappa shape index (κ3) is 42.4. The van der Waals surface area contributed by atoms with E-state index in [1.54, 1.807) is 0 Å². The molecule has 0 rings (SSSR count). The Morgan fingerprint density at radius 1 is 0.610 bits per heavy atom. The number of phosphoric acid groups is 1. The summed E-state index contributed by atoms with van der Waals surface area (Å²) < 4.78 is 32.7. The van der Waals surface area contributed by atoms with E-state index in [-0.39, 0.29) is 19.4 Å². The SMILES string of the molecule is CCCCC[C@H](O)/C=C/C=C\C/C=C\C/C=C\CCCC(=O)O[C@H](COC(=O)CCCCCCCCCCCCCCCCCC(C)C)COP(=O)(O)OC[C@@H](O)CO. The number of aliphatic hydroxyl groups is 3. The molecule has 0 aromatic carbocycles. The second kappa shape index (κ2) is 41.3. The van der Waals surface area contributed by atoms with Crippen LogP contribution in [0.5, 0.6) is 0 Å². The number of hydrogen-bond donors (Lipinski definition) is 4. The first kappa shape index (κ1) is 56.9. The summed E-state index contributed by atoms with van der Waals surface area (Å²) in [6.45, 7) is 4.53. The van der Waals surface area contributed by atoms with Gasteiger partial charge in [0.15, 0.2) is 6.10 Å². The summed E-state index contributed by atoms with van der Waals surface area (Å²) >= 11 is 0. The van der Waals surface area contributed by atoms with Gasteiger partial charge < -0.3 is 29.7 Å². The molecule has 344 valence electrons. The van der Waals surface area contributed by atoms with Crippen molar-refractivity contribution in [2.45, 2.75) is 206 Å². The zero-order valence-electron chi connectivity index (χ0n) is 37.2. The van der Waals surface area contributed by atoms with Crippen LogP contribution in [-0.4, -0.2) is 76.9 Å². The number of unbranched alkanes of at least 4 members (excludes halogenated alkanes) is 17. The van der Waals surface area contributed by atoms with Crippen molar-refractivity contribution in [2.75, 3.05) is 26.4 Å². The van der Waals surface area contributed by atoms with Crippen LogP contribution in [0.4, 0.5) is 0 Å². The van der Waals surface area contributed by atoms with Crippen molar-refractivity contribution in [3.05, 3.63) is 48.6 Å². The molecule has 0 aliphatic carbocycles. The highest BCUT2D eigenvalue weighted by Crippen LogP contribution is 2.43. The van der Waals surface area contributed by atoms with Gasteiger partial charge in [-0.15, -0.1) is 0 Å². The van der Waals surface area contributed by atoms with E-state index in [0.717, 1.165) is 63.7 Å². The number of ether oxygens (including phenoxy) is 2. The summed E-state index contributed by atoms with van der Waals surface area (Å²) in [6.07, 6.45) is 39.8. The molecule has 0 saturated carbocycles. The molecule has 4 atom stereocenters. The topological polar surface area (TPSA) is 169 Å². The summed E-state index contributed by atoms with van der Waals surface area (Å²) in [5.74, 6) is -0.189. The van der Waals surface area contributed by atoms with Gasteiger partial charge >= 0.3 is 19.8 Å². The van der Waals surface area contributed by atoms with Crippen LogP contribution in [0.3, 0.4) is 0 Å². The molecule has 4 N–H and O–H groups in total. The van der Waals surface area contributed by atoms with Crippen LogP contribution in [0.1, 0.15) is 188 Å². The summed E-state index contributed by atoms with van der Waals surface area (Å²) in [5.41, 5.74) is 0. The maximum Gasteiger partial charge on any atom is 0.472 e. The third-order valence-corrected chi connectivity index (χ3v) is 10.7. The molecule has 0 bridgehead atoms. The van der Waals surface area contributed by atoms with Crippen LogP contribution >= 0.6 is 7.82 Å². The summed E-state index contributed by atoms with van der Waals surface area (Å²) in [6, 6.07) is 0. The van der Waals surface area contributed by atoms with Crippen molar-refractivity contribution in [3.63, 3.8) is 0 Å². The van der Waals surface area contributed by atoms with Gasteiger partial charge in [-0.05, 0) is 44.4 Å². The van der Waals surface area contributed by atoms with E-state index in [9.17, 15) is 29.3 Å². The largest absolute Gasteiger partial charge is 0.472 e. The second-order valence-corrected chi connectivity index (χ2v) is 17.6. The maximum atomic E-state index is 12.6. The van der Waals surface area contributed by atoms with E-state index in [0.29, 0.717) is 19.3 Å². The van der Waals surface area contributed by atoms with E-state index >= 15 is 0 Å². The van der Waals surface area contributed by atoms with Gasteiger partial charge in [0.25, 0.3) is 0 Å². The maximum absolute atomic E-state index is 12.6. The number of phosphoric ester groups is 1. The van der Waals surface area contributed by atoms with Gasteiger partial charge in [-0.1, -0.05) is 185 Å². The molecule has 0 spiro atoms.